The molecule has 0 unspecified atom stereocenters. The van der Waals surface area contributed by atoms with Crippen molar-refractivity contribution in [3.05, 3.63) is 36.3 Å². The van der Waals surface area contributed by atoms with Crippen LogP contribution in [0, 0.1) is 0 Å². The molecule has 0 atom stereocenters. The van der Waals surface area contributed by atoms with Gasteiger partial charge in [-0.05, 0) is 6.08 Å². The van der Waals surface area contributed by atoms with Crippen molar-refractivity contribution in [1.29, 1.82) is 0 Å². The van der Waals surface area contributed by atoms with Crippen LogP contribution in [0.4, 0.5) is 5.69 Å². The van der Waals surface area contributed by atoms with Gasteiger partial charge in [0.15, 0.2) is 0 Å². The monoisotopic (exact) mass is 190 g/mol. The number of primary amides is 1. The Labute approximate surface area is 80.9 Å². The third-order valence-corrected chi connectivity index (χ3v) is 2.04. The minimum Gasteiger partial charge on any atom is -0.366 e. The van der Waals surface area contributed by atoms with E-state index in [0.717, 1.165) is 5.69 Å². The van der Waals surface area contributed by atoms with Crippen LogP contribution in [0.15, 0.2) is 36.3 Å². The molecule has 0 fully saturated rings. The molecule has 1 aliphatic heterocycles. The number of hydrogen-bond acceptors (Lipinski definition) is 3. The normalized spacial score (nSPS) is 15.4. The summed E-state index contributed by atoms with van der Waals surface area (Å²) in [6.07, 6.45) is 8.83. The highest BCUT2D eigenvalue weighted by molar-refractivity contribution is 5.93. The van der Waals surface area contributed by atoms with E-state index in [9.17, 15) is 4.79 Å². The molecular weight excluding hydrogens is 180 g/mol. The maximum Gasteiger partial charge on any atom is 0.246 e. The first kappa shape index (κ1) is 8.55. The standard InChI is InChI=1S/C9H10N4O/c10-9(14)7-2-1-3-13(6-7)8-4-11-12-5-8/h1-5H,6H2,(H2,10,14)(H,11,12). The Morgan fingerprint density at radius 2 is 2.50 bits per heavy atom. The lowest BCUT2D eigenvalue weighted by Gasteiger charge is -2.21. The number of anilines is 1. The third kappa shape index (κ3) is 1.52. The molecule has 0 radical (unpaired) electrons. The second-order valence-electron chi connectivity index (χ2n) is 2.98. The molecule has 1 aromatic heterocycles. The predicted octanol–water partition coefficient (Wildman–Crippen LogP) is 0.155. The lowest BCUT2D eigenvalue weighted by Crippen LogP contribution is -2.28. The number of allylic oxidation sites excluding steroid dienone is 2. The lowest BCUT2D eigenvalue weighted by molar-refractivity contribution is -0.114. The zero-order chi connectivity index (χ0) is 9.97. The summed E-state index contributed by atoms with van der Waals surface area (Å²) >= 11 is 0. The number of rotatable bonds is 2. The molecule has 1 aliphatic rings. The average Bonchev–Trinajstić information content (AvgIpc) is 2.71. The van der Waals surface area contributed by atoms with Gasteiger partial charge >= 0.3 is 0 Å². The van der Waals surface area contributed by atoms with Crippen LogP contribution in [0.5, 0.6) is 0 Å². The minimum atomic E-state index is -0.386. The molecule has 0 saturated carbocycles. The van der Waals surface area contributed by atoms with Crippen molar-refractivity contribution < 1.29 is 4.79 Å². The van der Waals surface area contributed by atoms with Crippen LogP contribution in [0.2, 0.25) is 0 Å². The number of nitrogens with one attached hydrogen (secondary N) is 1. The van der Waals surface area contributed by atoms with Crippen LogP contribution >= 0.6 is 0 Å². The number of carbonyl (C=O) groups excluding carboxylic acids is 1. The summed E-state index contributed by atoms with van der Waals surface area (Å²) in [5.74, 6) is -0.386. The van der Waals surface area contributed by atoms with E-state index >= 15 is 0 Å². The summed E-state index contributed by atoms with van der Waals surface area (Å²) in [6, 6.07) is 0. The van der Waals surface area contributed by atoms with E-state index in [1.54, 1.807) is 24.5 Å². The van der Waals surface area contributed by atoms with E-state index in [2.05, 4.69) is 10.2 Å². The lowest BCUT2D eigenvalue weighted by atomic mass is 10.1. The highest BCUT2D eigenvalue weighted by Crippen LogP contribution is 2.16. The number of hydrogen-bond donors (Lipinski definition) is 2. The molecule has 2 heterocycles. The molecule has 72 valence electrons. The summed E-state index contributed by atoms with van der Waals surface area (Å²) in [5, 5.41) is 6.54. The molecule has 0 saturated heterocycles. The SMILES string of the molecule is NC(=O)C1=CC=CN(c2cn[nH]c2)C1. The van der Waals surface area contributed by atoms with Crippen LogP contribution < -0.4 is 10.6 Å². The molecule has 5 nitrogen and oxygen atoms in total. The van der Waals surface area contributed by atoms with Crippen LogP contribution in [0.1, 0.15) is 0 Å². The molecule has 5 heteroatoms. The Hall–Kier alpha value is -2.04. The quantitative estimate of drug-likeness (QED) is 0.697. The number of H-pyrrole nitrogens is 1. The van der Waals surface area contributed by atoms with Gasteiger partial charge in [-0.15, -0.1) is 0 Å². The van der Waals surface area contributed by atoms with E-state index in [1.165, 1.54) is 0 Å². The molecule has 0 spiro atoms. The fourth-order valence-corrected chi connectivity index (χ4v) is 1.29. The number of amides is 1. The Morgan fingerprint density at radius 1 is 1.64 bits per heavy atom. The second kappa shape index (κ2) is 3.37. The molecule has 0 aliphatic carbocycles. The molecule has 1 amide bonds. The Kier molecular flexibility index (Phi) is 2.06. The van der Waals surface area contributed by atoms with Gasteiger partial charge in [-0.3, -0.25) is 9.89 Å². The third-order valence-electron chi connectivity index (χ3n) is 2.04. The zero-order valence-corrected chi connectivity index (χ0v) is 7.47. The van der Waals surface area contributed by atoms with E-state index < -0.39 is 0 Å². The molecule has 0 bridgehead atoms. The van der Waals surface area contributed by atoms with Crippen molar-refractivity contribution in [2.45, 2.75) is 0 Å². The van der Waals surface area contributed by atoms with Gasteiger partial charge in [0.1, 0.15) is 0 Å². The number of aromatic amines is 1. The average molecular weight is 190 g/mol. The first-order valence-electron chi connectivity index (χ1n) is 4.20. The Balaban J connectivity index is 2.18. The first-order valence-corrected chi connectivity index (χ1v) is 4.20. The van der Waals surface area contributed by atoms with Gasteiger partial charge in [-0.25, -0.2) is 0 Å². The number of aromatic nitrogens is 2. The van der Waals surface area contributed by atoms with E-state index in [-0.39, 0.29) is 5.91 Å². The van der Waals surface area contributed by atoms with E-state index in [4.69, 9.17) is 5.73 Å². The van der Waals surface area contributed by atoms with Crippen LogP contribution in [0.3, 0.4) is 0 Å². The maximum absolute atomic E-state index is 10.9. The summed E-state index contributed by atoms with van der Waals surface area (Å²) in [7, 11) is 0. The largest absolute Gasteiger partial charge is 0.366 e. The van der Waals surface area contributed by atoms with Gasteiger partial charge in [0.25, 0.3) is 0 Å². The molecule has 14 heavy (non-hydrogen) atoms. The van der Waals surface area contributed by atoms with Crippen molar-refractivity contribution in [3.63, 3.8) is 0 Å². The van der Waals surface area contributed by atoms with Crippen LogP contribution in [0.25, 0.3) is 0 Å². The van der Waals surface area contributed by atoms with Gasteiger partial charge in [-0.2, -0.15) is 5.10 Å². The van der Waals surface area contributed by atoms with Crippen molar-refractivity contribution >= 4 is 11.6 Å². The first-order chi connectivity index (χ1) is 6.77. The van der Waals surface area contributed by atoms with Crippen molar-refractivity contribution in [2.75, 3.05) is 11.4 Å². The van der Waals surface area contributed by atoms with Gasteiger partial charge in [-0.1, -0.05) is 6.08 Å². The fourth-order valence-electron chi connectivity index (χ4n) is 1.29. The molecule has 3 N–H and O–H groups in total. The van der Waals surface area contributed by atoms with Crippen molar-refractivity contribution in [2.24, 2.45) is 5.73 Å². The molecule has 2 rings (SSSR count). The maximum atomic E-state index is 10.9. The summed E-state index contributed by atoms with van der Waals surface area (Å²) in [6.45, 7) is 0.491. The van der Waals surface area contributed by atoms with Gasteiger partial charge in [0, 0.05) is 18.0 Å². The zero-order valence-electron chi connectivity index (χ0n) is 7.47. The molecule has 1 aromatic rings. The summed E-state index contributed by atoms with van der Waals surface area (Å²) in [5.41, 5.74) is 6.69. The van der Waals surface area contributed by atoms with Crippen LogP contribution in [-0.2, 0) is 4.79 Å². The topological polar surface area (TPSA) is 75.0 Å². The van der Waals surface area contributed by atoms with Gasteiger partial charge < -0.3 is 10.6 Å². The smallest absolute Gasteiger partial charge is 0.246 e. The predicted molar refractivity (Wildman–Crippen MR) is 52.4 cm³/mol. The van der Waals surface area contributed by atoms with Crippen LogP contribution in [-0.4, -0.2) is 22.6 Å². The van der Waals surface area contributed by atoms with E-state index in [0.29, 0.717) is 12.1 Å². The second-order valence-corrected chi connectivity index (χ2v) is 2.98. The minimum absolute atomic E-state index is 0.386. The van der Waals surface area contributed by atoms with Crippen molar-refractivity contribution in [3.8, 4) is 0 Å². The Morgan fingerprint density at radius 3 is 3.14 bits per heavy atom. The van der Waals surface area contributed by atoms with Gasteiger partial charge in [0.2, 0.25) is 5.91 Å². The highest BCUT2D eigenvalue weighted by Gasteiger charge is 2.13. The number of nitrogens with two attached hydrogens (primary N) is 1. The van der Waals surface area contributed by atoms with E-state index in [1.807, 2.05) is 11.1 Å². The highest BCUT2D eigenvalue weighted by atomic mass is 16.1. The van der Waals surface area contributed by atoms with Gasteiger partial charge in [0.05, 0.1) is 18.4 Å². The number of nitrogens with zero attached hydrogens (tertiary/aromatic N) is 2. The Bertz CT molecular complexity index is 391. The summed E-state index contributed by atoms with van der Waals surface area (Å²) in [4.78, 5) is 12.8. The molecular formula is C9H10N4O. The fraction of sp³-hybridized carbons (Fsp3) is 0.111. The van der Waals surface area contributed by atoms with Crippen molar-refractivity contribution in [1.82, 2.24) is 10.2 Å². The summed E-state index contributed by atoms with van der Waals surface area (Å²) < 4.78 is 0. The molecule has 0 aromatic carbocycles. The number of carbonyl (C=O) groups is 1.